The number of hydrogen-bond acceptors (Lipinski definition) is 4. The summed E-state index contributed by atoms with van der Waals surface area (Å²) in [5.41, 5.74) is 7.69. The Hall–Kier alpha value is -3.41. The number of halogens is 1. The van der Waals surface area contributed by atoms with E-state index in [4.69, 9.17) is 0 Å². The number of hydrogen-bond donors (Lipinski definition) is 2. The molecule has 4 rings (SSSR count). The molecule has 2 aromatic heterocycles. The molecule has 0 aromatic carbocycles. The summed E-state index contributed by atoms with van der Waals surface area (Å²) in [7, 11) is 0. The molecule has 0 fully saturated rings. The summed E-state index contributed by atoms with van der Waals surface area (Å²) in [6.45, 7) is 5.22. The molecule has 2 N–H and O–H groups in total. The highest BCUT2D eigenvalue weighted by molar-refractivity contribution is 5.60. The van der Waals surface area contributed by atoms with E-state index in [1.807, 2.05) is 24.5 Å². The maximum Gasteiger partial charge on any atom is 0.142 e. The van der Waals surface area contributed by atoms with Gasteiger partial charge in [0.1, 0.15) is 5.82 Å². The molecule has 0 amide bonds. The van der Waals surface area contributed by atoms with Crippen LogP contribution in [0.4, 0.5) is 4.39 Å². The van der Waals surface area contributed by atoms with Crippen molar-refractivity contribution < 1.29 is 4.39 Å². The zero-order valence-corrected chi connectivity index (χ0v) is 20.0. The minimum absolute atomic E-state index is 0.314. The molecule has 0 spiro atoms. The molecule has 3 unspecified atom stereocenters. The predicted octanol–water partition coefficient (Wildman–Crippen LogP) is 6.03. The Balaban J connectivity index is 1.64. The third kappa shape index (κ3) is 5.93. The van der Waals surface area contributed by atoms with E-state index in [0.717, 1.165) is 49.0 Å². The van der Waals surface area contributed by atoms with Gasteiger partial charge in [0.05, 0.1) is 17.9 Å². The summed E-state index contributed by atoms with van der Waals surface area (Å²) in [6, 6.07) is 5.69. The average Bonchev–Trinajstić information content (AvgIpc) is 3.29. The standard InChI is InChI=1S/C28H34FN5/c1-3-4-8-21(2)28-19-30-13-7-9-23(24-15-25(29)18-31-16-24)20-34(28)33-14-12-22-17-32-27-11-6-5-10-26(22)27/h5-7,9-11,13,15-21,26-27,32-33H,3-4,8,12,14H2,1-2H3. The molecule has 1 aliphatic heterocycles. The molecule has 6 heteroatoms. The lowest BCUT2D eigenvalue weighted by molar-refractivity contribution is 0.581. The van der Waals surface area contributed by atoms with Crippen LogP contribution in [-0.2, 0) is 0 Å². The number of rotatable bonds is 9. The molecular weight excluding hydrogens is 425 g/mol. The molecule has 3 atom stereocenters. The van der Waals surface area contributed by atoms with E-state index in [0.29, 0.717) is 17.9 Å². The third-order valence-corrected chi connectivity index (χ3v) is 6.45. The van der Waals surface area contributed by atoms with E-state index in [1.165, 1.54) is 17.8 Å². The largest absolute Gasteiger partial charge is 0.384 e. The average molecular weight is 460 g/mol. The van der Waals surface area contributed by atoms with Crippen molar-refractivity contribution in [3.05, 3.63) is 96.8 Å². The van der Waals surface area contributed by atoms with E-state index < -0.39 is 0 Å². The van der Waals surface area contributed by atoms with E-state index in [-0.39, 0.29) is 5.82 Å². The SMILES string of the molecule is CCCCC(C)c1cncccc(-c2cncc(F)c2)cn1NCCC1=CNC2C=CC=CC12. The Kier molecular flexibility index (Phi) is 8.12. The van der Waals surface area contributed by atoms with Gasteiger partial charge in [-0.3, -0.25) is 14.6 Å². The van der Waals surface area contributed by atoms with Crippen molar-refractivity contribution in [3.63, 3.8) is 0 Å². The zero-order chi connectivity index (χ0) is 23.8. The number of aromatic nitrogens is 3. The Labute approximate surface area is 201 Å². The molecule has 1 aliphatic carbocycles. The second-order valence-electron chi connectivity index (χ2n) is 8.97. The topological polar surface area (TPSA) is 54.8 Å². The molecule has 0 saturated heterocycles. The number of nitrogens with zero attached hydrogens (tertiary/aromatic N) is 3. The van der Waals surface area contributed by atoms with Gasteiger partial charge < -0.3 is 10.7 Å². The number of allylic oxidation sites excluding steroid dienone is 2. The second kappa shape index (κ2) is 11.6. The highest BCUT2D eigenvalue weighted by atomic mass is 19.1. The first-order chi connectivity index (χ1) is 16.7. The first-order valence-electron chi connectivity index (χ1n) is 12.2. The lowest BCUT2D eigenvalue weighted by atomic mass is 9.90. The highest BCUT2D eigenvalue weighted by Crippen LogP contribution is 2.28. The maximum absolute atomic E-state index is 13.9. The van der Waals surface area contributed by atoms with E-state index in [2.05, 4.69) is 69.7 Å². The normalized spacial score (nSPS) is 19.1. The van der Waals surface area contributed by atoms with Crippen molar-refractivity contribution >= 4 is 0 Å². The van der Waals surface area contributed by atoms with Crippen molar-refractivity contribution in [2.45, 2.75) is 51.5 Å². The van der Waals surface area contributed by atoms with Crippen LogP contribution in [0.15, 0.2) is 85.3 Å². The van der Waals surface area contributed by atoms with Crippen molar-refractivity contribution in [1.29, 1.82) is 0 Å². The minimum Gasteiger partial charge on any atom is -0.384 e. The second-order valence-corrected chi connectivity index (χ2v) is 8.97. The molecule has 2 aromatic rings. The van der Waals surface area contributed by atoms with Crippen molar-refractivity contribution in [1.82, 2.24) is 20.0 Å². The summed E-state index contributed by atoms with van der Waals surface area (Å²) < 4.78 is 16.0. The number of nitrogens with one attached hydrogen (secondary N) is 2. The summed E-state index contributed by atoms with van der Waals surface area (Å²) in [5, 5.41) is 3.47. The van der Waals surface area contributed by atoms with Crippen molar-refractivity contribution in [2.24, 2.45) is 5.92 Å². The first-order valence-corrected chi connectivity index (χ1v) is 12.2. The summed E-state index contributed by atoms with van der Waals surface area (Å²) in [6.07, 6.45) is 23.8. The quantitative estimate of drug-likeness (QED) is 0.480. The summed E-state index contributed by atoms with van der Waals surface area (Å²) in [5.74, 6) is 0.378. The van der Waals surface area contributed by atoms with Gasteiger partial charge in [0, 0.05) is 48.4 Å². The number of fused-ring (bicyclic) bond motifs is 1. The Morgan fingerprint density at radius 1 is 1.15 bits per heavy atom. The van der Waals surface area contributed by atoms with Gasteiger partial charge in [-0.15, -0.1) is 0 Å². The van der Waals surface area contributed by atoms with Crippen LogP contribution in [0, 0.1) is 11.7 Å². The number of unbranched alkanes of at least 4 members (excludes halogenated alkanes) is 1. The molecule has 178 valence electrons. The van der Waals surface area contributed by atoms with Gasteiger partial charge in [-0.2, -0.15) is 0 Å². The lowest BCUT2D eigenvalue weighted by Crippen LogP contribution is -2.26. The molecule has 3 heterocycles. The van der Waals surface area contributed by atoms with Crippen molar-refractivity contribution in [2.75, 3.05) is 12.0 Å². The van der Waals surface area contributed by atoms with E-state index in [9.17, 15) is 4.39 Å². The van der Waals surface area contributed by atoms with Crippen LogP contribution in [0.1, 0.15) is 51.1 Å². The fourth-order valence-corrected chi connectivity index (χ4v) is 4.51. The smallest absolute Gasteiger partial charge is 0.142 e. The Bertz CT molecular complexity index is 1120. The molecule has 0 saturated carbocycles. The van der Waals surface area contributed by atoms with Gasteiger partial charge in [-0.25, -0.2) is 4.39 Å². The summed E-state index contributed by atoms with van der Waals surface area (Å²) >= 11 is 0. The lowest BCUT2D eigenvalue weighted by Gasteiger charge is -2.21. The van der Waals surface area contributed by atoms with Gasteiger partial charge in [0.15, 0.2) is 0 Å². The maximum atomic E-state index is 13.9. The third-order valence-electron chi connectivity index (χ3n) is 6.45. The van der Waals surface area contributed by atoms with Crippen LogP contribution in [0.3, 0.4) is 0 Å². The van der Waals surface area contributed by atoms with E-state index >= 15 is 0 Å². The zero-order valence-electron chi connectivity index (χ0n) is 20.0. The predicted molar refractivity (Wildman–Crippen MR) is 137 cm³/mol. The van der Waals surface area contributed by atoms with Crippen LogP contribution in [0.2, 0.25) is 0 Å². The molecule has 5 nitrogen and oxygen atoms in total. The Morgan fingerprint density at radius 2 is 2.03 bits per heavy atom. The molecule has 34 heavy (non-hydrogen) atoms. The van der Waals surface area contributed by atoms with Crippen LogP contribution < -0.4 is 10.7 Å². The molecule has 0 bridgehead atoms. The van der Waals surface area contributed by atoms with Gasteiger partial charge in [-0.1, -0.05) is 57.1 Å². The van der Waals surface area contributed by atoms with Crippen LogP contribution >= 0.6 is 0 Å². The van der Waals surface area contributed by atoms with Crippen molar-refractivity contribution in [3.8, 4) is 11.1 Å². The highest BCUT2D eigenvalue weighted by Gasteiger charge is 2.26. The number of pyridine rings is 1. The van der Waals surface area contributed by atoms with Gasteiger partial charge in [0.25, 0.3) is 0 Å². The minimum atomic E-state index is -0.350. The van der Waals surface area contributed by atoms with Gasteiger partial charge in [0.2, 0.25) is 0 Å². The fourth-order valence-electron chi connectivity index (χ4n) is 4.51. The Morgan fingerprint density at radius 3 is 2.88 bits per heavy atom. The first kappa shape index (κ1) is 23.7. The molecular formula is C28H34FN5. The van der Waals surface area contributed by atoms with Crippen LogP contribution in [0.25, 0.3) is 11.1 Å². The molecule has 0 radical (unpaired) electrons. The summed E-state index contributed by atoms with van der Waals surface area (Å²) in [4.78, 5) is 8.57. The van der Waals surface area contributed by atoms with Crippen LogP contribution in [0.5, 0.6) is 0 Å². The van der Waals surface area contributed by atoms with E-state index in [1.54, 1.807) is 12.4 Å². The van der Waals surface area contributed by atoms with Gasteiger partial charge >= 0.3 is 0 Å². The van der Waals surface area contributed by atoms with Crippen LogP contribution in [-0.4, -0.2) is 27.2 Å². The van der Waals surface area contributed by atoms with Gasteiger partial charge in [-0.05, 0) is 42.7 Å². The monoisotopic (exact) mass is 459 g/mol. The fraction of sp³-hybridized carbons (Fsp3) is 0.357. The molecule has 2 aliphatic rings.